The minimum Gasteiger partial charge on any atom is -0.477 e. The van der Waals surface area contributed by atoms with E-state index in [9.17, 15) is 19.5 Å². The lowest BCUT2D eigenvalue weighted by Gasteiger charge is -2.33. The van der Waals surface area contributed by atoms with Crippen LogP contribution in [0.2, 0.25) is 0 Å². The molecular formula is C24H32N4O4. The lowest BCUT2D eigenvalue weighted by atomic mass is 9.76. The van der Waals surface area contributed by atoms with Crippen molar-refractivity contribution in [2.45, 2.75) is 52.0 Å². The number of nitrogens with zero attached hydrogens (tertiary/aromatic N) is 3. The predicted molar refractivity (Wildman–Crippen MR) is 122 cm³/mol. The normalized spacial score (nSPS) is 18.8. The number of carbonyl (C=O) groups is 3. The molecule has 1 fully saturated rings. The molecule has 1 heterocycles. The van der Waals surface area contributed by atoms with Crippen LogP contribution in [0.1, 0.15) is 67.2 Å². The zero-order valence-corrected chi connectivity index (χ0v) is 19.4. The van der Waals surface area contributed by atoms with Gasteiger partial charge in [-0.25, -0.2) is 9.48 Å². The highest BCUT2D eigenvalue weighted by atomic mass is 16.4. The van der Waals surface area contributed by atoms with Crippen LogP contribution >= 0.6 is 0 Å². The number of benzene rings is 1. The molecule has 1 amide bonds. The molecule has 8 heteroatoms. The van der Waals surface area contributed by atoms with Crippen molar-refractivity contribution in [3.05, 3.63) is 41.6 Å². The maximum Gasteiger partial charge on any atom is 0.341 e. The van der Waals surface area contributed by atoms with Crippen LogP contribution in [0, 0.1) is 11.8 Å². The highest BCUT2D eigenvalue weighted by molar-refractivity contribution is 5.97. The monoisotopic (exact) mass is 440 g/mol. The average molecular weight is 441 g/mol. The van der Waals surface area contributed by atoms with Gasteiger partial charge in [0.25, 0.3) is 5.91 Å². The molecule has 1 aromatic carbocycles. The van der Waals surface area contributed by atoms with E-state index < -0.39 is 11.5 Å². The molecule has 0 saturated heterocycles. The molecule has 8 nitrogen and oxygen atoms in total. The first kappa shape index (κ1) is 23.5. The van der Waals surface area contributed by atoms with Gasteiger partial charge in [-0.3, -0.25) is 9.59 Å². The lowest BCUT2D eigenvalue weighted by molar-refractivity contribution is -0.127. The van der Waals surface area contributed by atoms with Gasteiger partial charge in [-0.15, -0.1) is 5.10 Å². The molecule has 2 N–H and O–H groups in total. The number of aromatic nitrogens is 2. The third-order valence-electron chi connectivity index (χ3n) is 6.16. The standard InChI is InChI=1S/C24H32N4O4/c1-15-6-8-16(9-7-15)20(29)24(2,3)25-21-19(23(31)32)14-28(26-21)18-12-10-17(11-13-18)22(30)27(4)5/h10-16H,6-9H2,1-5H3,(H,25,26)(H,31,32). The number of carboxylic acids is 1. The Bertz CT molecular complexity index is 1000. The van der Waals surface area contributed by atoms with Crippen molar-refractivity contribution in [3.63, 3.8) is 0 Å². The average Bonchev–Trinajstić information content (AvgIpc) is 3.16. The molecule has 32 heavy (non-hydrogen) atoms. The number of hydrogen-bond acceptors (Lipinski definition) is 5. The summed E-state index contributed by atoms with van der Waals surface area (Å²) in [6.07, 6.45) is 5.21. The number of anilines is 1. The van der Waals surface area contributed by atoms with Gasteiger partial charge in [0.1, 0.15) is 5.56 Å². The van der Waals surface area contributed by atoms with E-state index in [2.05, 4.69) is 17.3 Å². The van der Waals surface area contributed by atoms with Crippen molar-refractivity contribution in [3.8, 4) is 5.69 Å². The van der Waals surface area contributed by atoms with Crippen molar-refractivity contribution in [2.24, 2.45) is 11.8 Å². The van der Waals surface area contributed by atoms with Crippen molar-refractivity contribution < 1.29 is 19.5 Å². The van der Waals surface area contributed by atoms with Gasteiger partial charge in [-0.05, 0) is 56.9 Å². The minimum absolute atomic E-state index is 0.0171. The second kappa shape index (κ2) is 9.14. The van der Waals surface area contributed by atoms with E-state index in [0.29, 0.717) is 17.2 Å². The number of amides is 1. The summed E-state index contributed by atoms with van der Waals surface area (Å²) in [7, 11) is 3.36. The van der Waals surface area contributed by atoms with Crippen LogP contribution in [0.15, 0.2) is 30.5 Å². The quantitative estimate of drug-likeness (QED) is 0.677. The van der Waals surface area contributed by atoms with Crippen LogP contribution in [-0.2, 0) is 4.79 Å². The van der Waals surface area contributed by atoms with Crippen LogP contribution in [0.3, 0.4) is 0 Å². The predicted octanol–water partition coefficient (Wildman–Crippen LogP) is 3.86. The Kier molecular flexibility index (Phi) is 6.71. The summed E-state index contributed by atoms with van der Waals surface area (Å²) in [5.41, 5.74) is 0.172. The summed E-state index contributed by atoms with van der Waals surface area (Å²) < 4.78 is 1.44. The van der Waals surface area contributed by atoms with Gasteiger partial charge in [-0.2, -0.15) is 0 Å². The summed E-state index contributed by atoms with van der Waals surface area (Å²) in [5.74, 6) is -0.402. The number of ketones is 1. The van der Waals surface area contributed by atoms with Crippen molar-refractivity contribution in [2.75, 3.05) is 19.4 Å². The molecule has 0 atom stereocenters. The van der Waals surface area contributed by atoms with E-state index in [-0.39, 0.29) is 29.0 Å². The second-order valence-corrected chi connectivity index (χ2v) is 9.46. The first-order valence-electron chi connectivity index (χ1n) is 11.0. The first-order valence-corrected chi connectivity index (χ1v) is 11.0. The van der Waals surface area contributed by atoms with E-state index >= 15 is 0 Å². The van der Waals surface area contributed by atoms with Gasteiger partial charge in [0.15, 0.2) is 11.6 Å². The summed E-state index contributed by atoms with van der Waals surface area (Å²) in [6.45, 7) is 5.76. The lowest BCUT2D eigenvalue weighted by Crippen LogP contribution is -2.45. The molecule has 1 aliphatic rings. The summed E-state index contributed by atoms with van der Waals surface area (Å²) >= 11 is 0. The van der Waals surface area contributed by atoms with E-state index in [4.69, 9.17) is 0 Å². The Hall–Kier alpha value is -3.16. The van der Waals surface area contributed by atoms with Crippen LogP contribution in [0.4, 0.5) is 5.82 Å². The largest absolute Gasteiger partial charge is 0.477 e. The van der Waals surface area contributed by atoms with Gasteiger partial charge in [0, 0.05) is 31.8 Å². The van der Waals surface area contributed by atoms with Crippen LogP contribution in [-0.4, -0.2) is 57.1 Å². The van der Waals surface area contributed by atoms with Gasteiger partial charge < -0.3 is 15.3 Å². The third kappa shape index (κ3) is 5.00. The number of hydrogen-bond donors (Lipinski definition) is 2. The van der Waals surface area contributed by atoms with Crippen molar-refractivity contribution in [1.29, 1.82) is 0 Å². The summed E-state index contributed by atoms with van der Waals surface area (Å²) in [6, 6.07) is 6.76. The number of nitrogens with one attached hydrogen (secondary N) is 1. The highest BCUT2D eigenvalue weighted by Crippen LogP contribution is 2.32. The van der Waals surface area contributed by atoms with Crippen molar-refractivity contribution in [1.82, 2.24) is 14.7 Å². The zero-order valence-electron chi connectivity index (χ0n) is 19.4. The van der Waals surface area contributed by atoms with E-state index in [1.807, 2.05) is 0 Å². The molecule has 0 aliphatic heterocycles. The molecule has 0 unspecified atom stereocenters. The Balaban J connectivity index is 1.84. The second-order valence-electron chi connectivity index (χ2n) is 9.46. The molecule has 3 rings (SSSR count). The molecule has 1 aliphatic carbocycles. The number of aromatic carboxylic acids is 1. The smallest absolute Gasteiger partial charge is 0.341 e. The van der Waals surface area contributed by atoms with Gasteiger partial charge >= 0.3 is 5.97 Å². The number of Topliss-reactive ketones (excluding diaryl/α,β-unsaturated/α-hetero) is 1. The van der Waals surface area contributed by atoms with E-state index in [1.54, 1.807) is 52.2 Å². The highest BCUT2D eigenvalue weighted by Gasteiger charge is 2.36. The molecule has 2 aromatic rings. The Morgan fingerprint density at radius 1 is 1.09 bits per heavy atom. The zero-order chi connectivity index (χ0) is 23.6. The first-order chi connectivity index (χ1) is 15.0. The van der Waals surface area contributed by atoms with Gasteiger partial charge in [0.2, 0.25) is 0 Å². The molecular weight excluding hydrogens is 408 g/mol. The summed E-state index contributed by atoms with van der Waals surface area (Å²) in [5, 5.41) is 17.2. The maximum absolute atomic E-state index is 13.2. The molecule has 0 bridgehead atoms. The SMILES string of the molecule is CC1CCC(C(=O)C(C)(C)Nc2nn(-c3ccc(C(=O)N(C)C)cc3)cc2C(=O)O)CC1. The Labute approximate surface area is 188 Å². The number of rotatable bonds is 7. The minimum atomic E-state index is -1.13. The molecule has 1 aromatic heterocycles. The number of carbonyl (C=O) groups excluding carboxylic acids is 2. The number of carboxylic acid groups (broad SMARTS) is 1. The van der Waals surface area contributed by atoms with E-state index in [0.717, 1.165) is 25.7 Å². The maximum atomic E-state index is 13.2. The molecule has 1 saturated carbocycles. The molecule has 0 radical (unpaired) electrons. The van der Waals surface area contributed by atoms with Crippen LogP contribution in [0.5, 0.6) is 0 Å². The van der Waals surface area contributed by atoms with Crippen LogP contribution in [0.25, 0.3) is 5.69 Å². The fourth-order valence-corrected chi connectivity index (χ4v) is 4.16. The fourth-order valence-electron chi connectivity index (χ4n) is 4.16. The van der Waals surface area contributed by atoms with Gasteiger partial charge in [0.05, 0.1) is 11.2 Å². The Morgan fingerprint density at radius 2 is 1.69 bits per heavy atom. The summed E-state index contributed by atoms with van der Waals surface area (Å²) in [4.78, 5) is 38.6. The van der Waals surface area contributed by atoms with E-state index in [1.165, 1.54) is 15.8 Å². The van der Waals surface area contributed by atoms with Gasteiger partial charge in [-0.1, -0.05) is 19.8 Å². The van der Waals surface area contributed by atoms with Crippen molar-refractivity contribution >= 4 is 23.5 Å². The third-order valence-corrected chi connectivity index (χ3v) is 6.16. The van der Waals surface area contributed by atoms with Crippen LogP contribution < -0.4 is 5.32 Å². The molecule has 0 spiro atoms. The topological polar surface area (TPSA) is 105 Å². The Morgan fingerprint density at radius 3 is 2.22 bits per heavy atom. The molecule has 172 valence electrons. The fraction of sp³-hybridized carbons (Fsp3) is 0.500.